The fourth-order valence-electron chi connectivity index (χ4n) is 2.43. The molecule has 1 radical (unpaired) electrons. The number of fused-ring (bicyclic) bond motifs is 2. The quantitative estimate of drug-likeness (QED) is 0.512. The molecule has 0 spiro atoms. The Hall–Kier alpha value is -2.48. The Morgan fingerprint density at radius 2 is 2.00 bits per heavy atom. The second-order valence-electron chi connectivity index (χ2n) is 4.42. The highest BCUT2D eigenvalue weighted by molar-refractivity contribution is 5.85. The first-order chi connectivity index (χ1) is 8.92. The molecule has 0 aliphatic carbocycles. The van der Waals surface area contributed by atoms with Crippen LogP contribution in [0, 0.1) is 6.07 Å². The van der Waals surface area contributed by atoms with Gasteiger partial charge in [-0.1, -0.05) is 18.2 Å². The molecule has 0 unspecified atom stereocenters. The Balaban J connectivity index is 2.00. The van der Waals surface area contributed by atoms with Crippen molar-refractivity contribution in [3.05, 3.63) is 67.0 Å². The lowest BCUT2D eigenvalue weighted by atomic mass is 10.2. The maximum absolute atomic E-state index is 3.25. The lowest BCUT2D eigenvalue weighted by Gasteiger charge is -2.05. The summed E-state index contributed by atoms with van der Waals surface area (Å²) in [6.07, 6.45) is 4.07. The smallest absolute Gasteiger partial charge is 0.0534 e. The molecule has 2 heteroatoms. The molecular weight excluding hydrogens is 220 g/mol. The molecule has 85 valence electrons. The van der Waals surface area contributed by atoms with Crippen LogP contribution in [0.2, 0.25) is 0 Å². The molecule has 2 nitrogen and oxygen atoms in total. The van der Waals surface area contributed by atoms with E-state index in [0.29, 0.717) is 0 Å². The van der Waals surface area contributed by atoms with Crippen molar-refractivity contribution in [1.82, 2.24) is 9.55 Å². The summed E-state index contributed by atoms with van der Waals surface area (Å²) in [7, 11) is 0. The van der Waals surface area contributed by atoms with E-state index in [1.54, 1.807) is 0 Å². The number of nitrogens with zero attached hydrogens (tertiary/aromatic N) is 1. The third-order valence-corrected chi connectivity index (χ3v) is 3.35. The summed E-state index contributed by atoms with van der Waals surface area (Å²) in [6.45, 7) is 0. The summed E-state index contributed by atoms with van der Waals surface area (Å²) in [4.78, 5) is 3.25. The number of hydrogen-bond acceptors (Lipinski definition) is 0. The second kappa shape index (κ2) is 3.50. The molecule has 0 fully saturated rings. The minimum atomic E-state index is 1.16. The molecule has 4 rings (SSSR count). The van der Waals surface area contributed by atoms with Crippen LogP contribution < -0.4 is 0 Å². The largest absolute Gasteiger partial charge is 0.361 e. The summed E-state index contributed by atoms with van der Waals surface area (Å²) in [5, 5.41) is 2.47. The molecule has 0 bridgehead atoms. The van der Waals surface area contributed by atoms with Crippen LogP contribution in [0.1, 0.15) is 0 Å². The number of rotatable bonds is 1. The molecule has 1 N–H and O–H groups in total. The van der Waals surface area contributed by atoms with Crippen LogP contribution in [-0.2, 0) is 0 Å². The van der Waals surface area contributed by atoms with E-state index in [0.717, 1.165) is 5.52 Å². The minimum Gasteiger partial charge on any atom is -0.361 e. The molecule has 2 aromatic carbocycles. The molecule has 4 aromatic rings. The van der Waals surface area contributed by atoms with Gasteiger partial charge >= 0.3 is 0 Å². The van der Waals surface area contributed by atoms with Gasteiger partial charge in [0.2, 0.25) is 0 Å². The number of nitrogens with one attached hydrogen (secondary N) is 1. The lowest BCUT2D eigenvalue weighted by Crippen LogP contribution is -1.91. The van der Waals surface area contributed by atoms with Crippen molar-refractivity contribution in [3.63, 3.8) is 0 Å². The first-order valence-electron chi connectivity index (χ1n) is 5.96. The third-order valence-electron chi connectivity index (χ3n) is 3.35. The fourth-order valence-corrected chi connectivity index (χ4v) is 2.43. The summed E-state index contributed by atoms with van der Waals surface area (Å²) in [6, 6.07) is 19.8. The predicted molar refractivity (Wildman–Crippen MR) is 74.0 cm³/mol. The van der Waals surface area contributed by atoms with Crippen molar-refractivity contribution >= 4 is 21.8 Å². The topological polar surface area (TPSA) is 20.7 Å². The van der Waals surface area contributed by atoms with E-state index in [1.165, 1.54) is 22.0 Å². The normalized spacial score (nSPS) is 11.3. The number of H-pyrrole nitrogens is 1. The Labute approximate surface area is 104 Å². The average molecular weight is 231 g/mol. The van der Waals surface area contributed by atoms with Crippen molar-refractivity contribution in [2.45, 2.75) is 0 Å². The maximum Gasteiger partial charge on any atom is 0.0534 e. The van der Waals surface area contributed by atoms with Gasteiger partial charge in [0.05, 0.1) is 5.52 Å². The van der Waals surface area contributed by atoms with E-state index in [-0.39, 0.29) is 0 Å². The third kappa shape index (κ3) is 1.29. The second-order valence-corrected chi connectivity index (χ2v) is 4.42. The Morgan fingerprint density at radius 3 is 3.00 bits per heavy atom. The monoisotopic (exact) mass is 231 g/mol. The summed E-state index contributed by atoms with van der Waals surface area (Å²) in [5.41, 5.74) is 3.51. The van der Waals surface area contributed by atoms with Gasteiger partial charge in [0.25, 0.3) is 0 Å². The highest BCUT2D eigenvalue weighted by Gasteiger charge is 2.03. The zero-order valence-corrected chi connectivity index (χ0v) is 9.72. The van der Waals surface area contributed by atoms with Gasteiger partial charge in [-0.05, 0) is 47.2 Å². The molecule has 18 heavy (non-hydrogen) atoms. The van der Waals surface area contributed by atoms with Gasteiger partial charge in [-0.25, -0.2) is 0 Å². The van der Waals surface area contributed by atoms with E-state index < -0.39 is 0 Å². The first-order valence-corrected chi connectivity index (χ1v) is 5.96. The van der Waals surface area contributed by atoms with Crippen LogP contribution in [0.15, 0.2) is 60.9 Å². The van der Waals surface area contributed by atoms with Crippen LogP contribution in [0.4, 0.5) is 0 Å². The van der Waals surface area contributed by atoms with Crippen LogP contribution in [0.5, 0.6) is 0 Å². The van der Waals surface area contributed by atoms with Gasteiger partial charge in [-0.3, -0.25) is 0 Å². The fraction of sp³-hybridized carbons (Fsp3) is 0. The van der Waals surface area contributed by atoms with Crippen LogP contribution in [0.25, 0.3) is 27.5 Å². The van der Waals surface area contributed by atoms with Crippen molar-refractivity contribution < 1.29 is 0 Å². The van der Waals surface area contributed by atoms with Crippen molar-refractivity contribution in [1.29, 1.82) is 0 Å². The summed E-state index contributed by atoms with van der Waals surface area (Å²) in [5.74, 6) is 0. The standard InChI is InChI=1S/C16H11N2/c1-2-4-16-13(3-1)8-10-18(16)14-6-5-12-7-9-17-15(12)11-14/h1,3-11,17H. The van der Waals surface area contributed by atoms with Gasteiger partial charge in [0.15, 0.2) is 0 Å². The molecule has 0 atom stereocenters. The van der Waals surface area contributed by atoms with Gasteiger partial charge in [0.1, 0.15) is 0 Å². The Bertz CT molecular complexity index is 836. The number of hydrogen-bond donors (Lipinski definition) is 1. The predicted octanol–water partition coefficient (Wildman–Crippen LogP) is 3.91. The highest BCUT2D eigenvalue weighted by atomic mass is 15.0. The van der Waals surface area contributed by atoms with Crippen molar-refractivity contribution in [2.24, 2.45) is 0 Å². The molecule has 2 heterocycles. The highest BCUT2D eigenvalue weighted by Crippen LogP contribution is 2.22. The molecule has 0 aliphatic heterocycles. The van der Waals surface area contributed by atoms with Crippen molar-refractivity contribution in [3.8, 4) is 5.69 Å². The van der Waals surface area contributed by atoms with Crippen LogP contribution >= 0.6 is 0 Å². The Kier molecular flexibility index (Phi) is 1.86. The molecule has 0 saturated carbocycles. The van der Waals surface area contributed by atoms with E-state index in [2.05, 4.69) is 58.2 Å². The van der Waals surface area contributed by atoms with E-state index in [1.807, 2.05) is 18.3 Å². The molecule has 2 aromatic heterocycles. The molecule has 0 amide bonds. The van der Waals surface area contributed by atoms with Crippen molar-refractivity contribution in [2.75, 3.05) is 0 Å². The number of aromatic nitrogens is 2. The SMILES string of the molecule is [c]1ccc2ccn(-c3ccc4cc[nH]c4c3)c2c1. The molecule has 0 aliphatic rings. The maximum atomic E-state index is 3.25. The minimum absolute atomic E-state index is 1.16. The molecular formula is C16H11N2. The van der Waals surface area contributed by atoms with E-state index >= 15 is 0 Å². The van der Waals surface area contributed by atoms with Gasteiger partial charge < -0.3 is 9.55 Å². The van der Waals surface area contributed by atoms with E-state index in [9.17, 15) is 0 Å². The Morgan fingerprint density at radius 1 is 1.00 bits per heavy atom. The summed E-state index contributed by atoms with van der Waals surface area (Å²) < 4.78 is 2.19. The lowest BCUT2D eigenvalue weighted by molar-refractivity contribution is 1.13. The average Bonchev–Trinajstić information content (AvgIpc) is 3.04. The number of aromatic amines is 1. The van der Waals surface area contributed by atoms with Gasteiger partial charge in [0, 0.05) is 23.6 Å². The van der Waals surface area contributed by atoms with E-state index in [4.69, 9.17) is 0 Å². The first kappa shape index (κ1) is 9.54. The summed E-state index contributed by atoms with van der Waals surface area (Å²) >= 11 is 0. The number of benzene rings is 2. The zero-order valence-electron chi connectivity index (χ0n) is 9.72. The zero-order chi connectivity index (χ0) is 11.9. The van der Waals surface area contributed by atoms with Crippen LogP contribution in [-0.4, -0.2) is 9.55 Å². The van der Waals surface area contributed by atoms with Crippen LogP contribution in [0.3, 0.4) is 0 Å². The van der Waals surface area contributed by atoms with Gasteiger partial charge in [-0.15, -0.1) is 0 Å². The van der Waals surface area contributed by atoms with Gasteiger partial charge in [-0.2, -0.15) is 0 Å². The molecule has 0 saturated heterocycles.